The van der Waals surface area contributed by atoms with Crippen molar-refractivity contribution in [3.8, 4) is 0 Å². The van der Waals surface area contributed by atoms with Crippen LogP contribution in [-0.2, 0) is 6.42 Å². The highest BCUT2D eigenvalue weighted by atomic mass is 16.3. The summed E-state index contributed by atoms with van der Waals surface area (Å²) in [6.45, 7) is 2.44. The molecule has 0 radical (unpaired) electrons. The summed E-state index contributed by atoms with van der Waals surface area (Å²) in [5, 5.41) is 12.3. The lowest BCUT2D eigenvalue weighted by molar-refractivity contribution is 0.0956. The van der Waals surface area contributed by atoms with Gasteiger partial charge in [-0.25, -0.2) is 0 Å². The topological polar surface area (TPSA) is 49.3 Å². The van der Waals surface area contributed by atoms with Gasteiger partial charge in [0.1, 0.15) is 0 Å². The molecule has 2 N–H and O–H groups in total. The highest BCUT2D eigenvalue weighted by Crippen LogP contribution is 2.20. The molecule has 1 amide bonds. The minimum atomic E-state index is -0.522. The number of rotatable bonds is 1. The number of carbonyl (C=O) groups excluding carboxylic acids is 1. The fourth-order valence-electron chi connectivity index (χ4n) is 1.86. The number of hydrogen-bond acceptors (Lipinski definition) is 2. The Morgan fingerprint density at radius 1 is 1.47 bits per heavy atom. The molecule has 0 unspecified atom stereocenters. The molecule has 3 nitrogen and oxygen atoms in total. The predicted molar refractivity (Wildman–Crippen MR) is 57.7 cm³/mol. The van der Waals surface area contributed by atoms with E-state index in [9.17, 15) is 9.90 Å². The number of aryl methyl sites for hydroxylation is 1. The molecule has 15 heavy (non-hydrogen) atoms. The van der Waals surface area contributed by atoms with E-state index in [2.05, 4.69) is 5.32 Å². The predicted octanol–water partition coefficient (Wildman–Crippen LogP) is 1.42. The Bertz CT molecular complexity index is 385. The third-order valence-electron chi connectivity index (χ3n) is 2.77. The number of fused-ring (bicyclic) bond motifs is 1. The summed E-state index contributed by atoms with van der Waals surface area (Å²) in [5.74, 6) is -0.0231. The summed E-state index contributed by atoms with van der Waals surface area (Å²) in [5.41, 5.74) is 2.59. The van der Waals surface area contributed by atoms with Crippen molar-refractivity contribution in [2.45, 2.75) is 25.9 Å². The van der Waals surface area contributed by atoms with Crippen LogP contribution in [0.25, 0.3) is 0 Å². The van der Waals surface area contributed by atoms with E-state index < -0.39 is 6.10 Å². The molecule has 1 aliphatic heterocycles. The first-order valence-electron chi connectivity index (χ1n) is 5.27. The van der Waals surface area contributed by atoms with Gasteiger partial charge in [-0.15, -0.1) is 0 Å². The molecular weight excluding hydrogens is 190 g/mol. The minimum Gasteiger partial charge on any atom is -0.389 e. The van der Waals surface area contributed by atoms with Crippen molar-refractivity contribution in [3.63, 3.8) is 0 Å². The Labute approximate surface area is 89.1 Å². The summed E-state index contributed by atoms with van der Waals surface area (Å²) in [7, 11) is 0. The molecule has 0 aromatic heterocycles. The Hall–Kier alpha value is -1.35. The molecule has 1 aromatic carbocycles. The van der Waals surface area contributed by atoms with Crippen molar-refractivity contribution in [1.82, 2.24) is 5.32 Å². The number of benzene rings is 1. The largest absolute Gasteiger partial charge is 0.389 e. The van der Waals surface area contributed by atoms with E-state index in [0.717, 1.165) is 30.5 Å². The molecule has 0 fully saturated rings. The van der Waals surface area contributed by atoms with Gasteiger partial charge in [0.2, 0.25) is 0 Å². The van der Waals surface area contributed by atoms with Crippen molar-refractivity contribution >= 4 is 5.91 Å². The van der Waals surface area contributed by atoms with E-state index in [0.29, 0.717) is 5.56 Å². The molecule has 0 bridgehead atoms. The molecule has 1 heterocycles. The van der Waals surface area contributed by atoms with Crippen molar-refractivity contribution in [2.24, 2.45) is 0 Å². The second kappa shape index (κ2) is 4.03. The molecule has 1 aliphatic rings. The van der Waals surface area contributed by atoms with Gasteiger partial charge in [0.15, 0.2) is 0 Å². The van der Waals surface area contributed by atoms with E-state index in [1.807, 2.05) is 12.1 Å². The van der Waals surface area contributed by atoms with Crippen LogP contribution < -0.4 is 5.32 Å². The highest BCUT2D eigenvalue weighted by molar-refractivity contribution is 5.96. The van der Waals surface area contributed by atoms with Gasteiger partial charge in [0.25, 0.3) is 5.91 Å². The van der Waals surface area contributed by atoms with Crippen LogP contribution in [0.3, 0.4) is 0 Å². The van der Waals surface area contributed by atoms with Crippen molar-refractivity contribution in [3.05, 3.63) is 34.9 Å². The van der Waals surface area contributed by atoms with E-state index in [1.165, 1.54) is 0 Å². The smallest absolute Gasteiger partial charge is 0.251 e. The lowest BCUT2D eigenvalue weighted by atomic mass is 9.99. The number of amides is 1. The zero-order valence-electron chi connectivity index (χ0n) is 8.79. The summed E-state index contributed by atoms with van der Waals surface area (Å²) in [6.07, 6.45) is 1.38. The van der Waals surface area contributed by atoms with Crippen LogP contribution in [0, 0.1) is 0 Å². The van der Waals surface area contributed by atoms with Crippen LogP contribution in [-0.4, -0.2) is 17.6 Å². The Balaban J connectivity index is 2.44. The van der Waals surface area contributed by atoms with Crippen LogP contribution in [0.15, 0.2) is 18.2 Å². The highest BCUT2D eigenvalue weighted by Gasteiger charge is 2.16. The maximum atomic E-state index is 11.7. The SMILES string of the molecule is C[C@H](O)c1ccc2c(c1)C(=O)NCCC2. The average Bonchev–Trinajstić information content (AvgIpc) is 2.40. The fraction of sp³-hybridized carbons (Fsp3) is 0.417. The van der Waals surface area contributed by atoms with E-state index in [1.54, 1.807) is 13.0 Å². The van der Waals surface area contributed by atoms with Crippen LogP contribution in [0.5, 0.6) is 0 Å². The average molecular weight is 205 g/mol. The standard InChI is InChI=1S/C12H15NO2/c1-8(14)10-5-4-9-3-2-6-13-12(15)11(9)7-10/h4-5,7-8,14H,2-3,6H2,1H3,(H,13,15)/t8-/m0/s1. The second-order valence-corrected chi connectivity index (χ2v) is 3.95. The molecule has 0 saturated heterocycles. The van der Waals surface area contributed by atoms with Gasteiger partial charge in [0, 0.05) is 12.1 Å². The quantitative estimate of drug-likeness (QED) is 0.728. The van der Waals surface area contributed by atoms with Crippen LogP contribution >= 0.6 is 0 Å². The monoisotopic (exact) mass is 205 g/mol. The Morgan fingerprint density at radius 3 is 3.00 bits per heavy atom. The number of carbonyl (C=O) groups is 1. The lowest BCUT2D eigenvalue weighted by Crippen LogP contribution is -2.22. The molecule has 0 spiro atoms. The van der Waals surface area contributed by atoms with Gasteiger partial charge in [-0.1, -0.05) is 12.1 Å². The summed E-state index contributed by atoms with van der Waals surface area (Å²) in [4.78, 5) is 11.7. The van der Waals surface area contributed by atoms with Gasteiger partial charge in [-0.05, 0) is 37.0 Å². The molecule has 80 valence electrons. The number of aliphatic hydroxyl groups is 1. The fourth-order valence-corrected chi connectivity index (χ4v) is 1.86. The van der Waals surface area contributed by atoms with Gasteiger partial charge < -0.3 is 10.4 Å². The normalized spacial score (nSPS) is 17.6. The number of aliphatic hydroxyl groups excluding tert-OH is 1. The van der Waals surface area contributed by atoms with Gasteiger partial charge in [0.05, 0.1) is 6.10 Å². The maximum Gasteiger partial charge on any atom is 0.251 e. The Kier molecular flexibility index (Phi) is 2.73. The number of hydrogen-bond donors (Lipinski definition) is 2. The minimum absolute atomic E-state index is 0.0231. The van der Waals surface area contributed by atoms with Gasteiger partial charge in [-0.3, -0.25) is 4.79 Å². The zero-order valence-corrected chi connectivity index (χ0v) is 8.79. The first kappa shape index (κ1) is 10.2. The number of nitrogens with one attached hydrogen (secondary N) is 1. The molecule has 1 atom stereocenters. The summed E-state index contributed by atoms with van der Waals surface area (Å²) >= 11 is 0. The van der Waals surface area contributed by atoms with Crippen molar-refractivity contribution in [2.75, 3.05) is 6.54 Å². The second-order valence-electron chi connectivity index (χ2n) is 3.95. The van der Waals surface area contributed by atoms with Crippen molar-refractivity contribution in [1.29, 1.82) is 0 Å². The molecule has 3 heteroatoms. The van der Waals surface area contributed by atoms with Crippen LogP contribution in [0.2, 0.25) is 0 Å². The summed E-state index contributed by atoms with van der Waals surface area (Å²) < 4.78 is 0. The van der Waals surface area contributed by atoms with Crippen LogP contribution in [0.4, 0.5) is 0 Å². The zero-order chi connectivity index (χ0) is 10.8. The van der Waals surface area contributed by atoms with E-state index >= 15 is 0 Å². The van der Waals surface area contributed by atoms with Crippen molar-refractivity contribution < 1.29 is 9.90 Å². The maximum absolute atomic E-state index is 11.7. The molecule has 0 aliphatic carbocycles. The van der Waals surface area contributed by atoms with E-state index in [-0.39, 0.29) is 5.91 Å². The van der Waals surface area contributed by atoms with E-state index in [4.69, 9.17) is 0 Å². The van der Waals surface area contributed by atoms with Crippen LogP contribution in [0.1, 0.15) is 40.9 Å². The first-order valence-corrected chi connectivity index (χ1v) is 5.27. The lowest BCUT2D eigenvalue weighted by Gasteiger charge is -2.09. The Morgan fingerprint density at radius 2 is 2.27 bits per heavy atom. The molecule has 2 rings (SSSR count). The van der Waals surface area contributed by atoms with Gasteiger partial charge in [-0.2, -0.15) is 0 Å². The van der Waals surface area contributed by atoms with Gasteiger partial charge >= 0.3 is 0 Å². The summed E-state index contributed by atoms with van der Waals surface area (Å²) in [6, 6.07) is 5.63. The first-order chi connectivity index (χ1) is 7.18. The molecule has 1 aromatic rings. The molecule has 0 saturated carbocycles. The third kappa shape index (κ3) is 2.02. The third-order valence-corrected chi connectivity index (χ3v) is 2.77. The molecular formula is C12H15NO2.